The molecule has 6 nitrogen and oxygen atoms in total. The molecular formula is C19H26N2O4. The molecule has 2 amide bonds. The molecule has 25 heavy (non-hydrogen) atoms. The van der Waals surface area contributed by atoms with Crippen molar-refractivity contribution in [3.05, 3.63) is 23.8 Å². The Hall–Kier alpha value is -2.24. The van der Waals surface area contributed by atoms with Crippen LogP contribution >= 0.6 is 0 Å². The van der Waals surface area contributed by atoms with E-state index in [1.165, 1.54) is 6.92 Å². The van der Waals surface area contributed by atoms with Crippen LogP contribution in [0.5, 0.6) is 11.5 Å². The first-order valence-electron chi connectivity index (χ1n) is 8.83. The Morgan fingerprint density at radius 1 is 1.24 bits per heavy atom. The largest absolute Gasteiger partial charge is 0.486 e. The minimum atomic E-state index is -0.339. The number of nitrogens with zero attached hydrogens (tertiary/aromatic N) is 1. The minimum Gasteiger partial charge on any atom is -0.486 e. The van der Waals surface area contributed by atoms with Crippen LogP contribution in [0.1, 0.15) is 39.2 Å². The van der Waals surface area contributed by atoms with Gasteiger partial charge < -0.3 is 19.7 Å². The molecule has 0 aromatic heterocycles. The molecule has 0 unspecified atom stereocenters. The second kappa shape index (κ2) is 6.94. The van der Waals surface area contributed by atoms with Crippen LogP contribution in [0.2, 0.25) is 0 Å². The number of ether oxygens (including phenoxy) is 2. The average Bonchev–Trinajstić information content (AvgIpc) is 3.09. The van der Waals surface area contributed by atoms with Crippen molar-refractivity contribution in [2.75, 3.05) is 26.3 Å². The first-order valence-corrected chi connectivity index (χ1v) is 8.83. The van der Waals surface area contributed by atoms with Gasteiger partial charge in [-0.15, -0.1) is 0 Å². The summed E-state index contributed by atoms with van der Waals surface area (Å²) in [6, 6.07) is 5.57. The third kappa shape index (κ3) is 3.72. The number of nitrogens with one attached hydrogen (secondary N) is 1. The second-order valence-electron chi connectivity index (χ2n) is 7.33. The normalized spacial score (nSPS) is 19.6. The van der Waals surface area contributed by atoms with Crippen molar-refractivity contribution in [1.82, 2.24) is 10.2 Å². The molecule has 2 heterocycles. The zero-order chi connectivity index (χ0) is 18.0. The molecule has 6 heteroatoms. The summed E-state index contributed by atoms with van der Waals surface area (Å²) in [4.78, 5) is 25.8. The summed E-state index contributed by atoms with van der Waals surface area (Å²) in [7, 11) is 0. The number of carbonyl (C=O) groups is 2. The summed E-state index contributed by atoms with van der Waals surface area (Å²) >= 11 is 0. The number of hydrogen-bond acceptors (Lipinski definition) is 4. The summed E-state index contributed by atoms with van der Waals surface area (Å²) in [5.74, 6) is 1.40. The summed E-state index contributed by atoms with van der Waals surface area (Å²) < 4.78 is 11.2. The third-order valence-corrected chi connectivity index (χ3v) is 4.99. The molecule has 0 spiro atoms. The number of carbonyl (C=O) groups excluding carboxylic acids is 2. The number of amides is 2. The first kappa shape index (κ1) is 17.6. The predicted octanol–water partition coefficient (Wildman–Crippen LogP) is 1.86. The lowest BCUT2D eigenvalue weighted by atomic mass is 9.84. The smallest absolute Gasteiger partial charge is 0.242 e. The van der Waals surface area contributed by atoms with Gasteiger partial charge in [0, 0.05) is 25.4 Å². The molecule has 1 atom stereocenters. The van der Waals surface area contributed by atoms with E-state index in [9.17, 15) is 9.59 Å². The minimum absolute atomic E-state index is 0.0382. The monoisotopic (exact) mass is 346 g/mol. The average molecular weight is 346 g/mol. The van der Waals surface area contributed by atoms with Gasteiger partial charge in [-0.1, -0.05) is 19.9 Å². The number of hydrogen-bond donors (Lipinski definition) is 1. The van der Waals surface area contributed by atoms with Crippen LogP contribution in [0.15, 0.2) is 18.2 Å². The highest BCUT2D eigenvalue weighted by molar-refractivity contribution is 5.87. The van der Waals surface area contributed by atoms with Crippen molar-refractivity contribution in [3.8, 4) is 11.5 Å². The van der Waals surface area contributed by atoms with E-state index in [2.05, 4.69) is 19.2 Å². The molecule has 0 bridgehead atoms. The van der Waals surface area contributed by atoms with Crippen molar-refractivity contribution in [2.45, 2.75) is 45.1 Å². The van der Waals surface area contributed by atoms with Crippen LogP contribution in [-0.4, -0.2) is 49.1 Å². The lowest BCUT2D eigenvalue weighted by Gasteiger charge is -2.29. The quantitative estimate of drug-likeness (QED) is 0.904. The van der Waals surface area contributed by atoms with Crippen molar-refractivity contribution < 1.29 is 19.1 Å². The molecule has 3 rings (SSSR count). The van der Waals surface area contributed by atoms with E-state index < -0.39 is 0 Å². The van der Waals surface area contributed by atoms with E-state index in [1.807, 2.05) is 18.2 Å². The van der Waals surface area contributed by atoms with Crippen LogP contribution in [0.25, 0.3) is 0 Å². The summed E-state index contributed by atoms with van der Waals surface area (Å²) in [5.41, 5.74) is 0.817. The highest BCUT2D eigenvalue weighted by Gasteiger charge is 2.33. The van der Waals surface area contributed by atoms with Gasteiger partial charge in [-0.2, -0.15) is 0 Å². The number of rotatable bonds is 4. The van der Waals surface area contributed by atoms with Gasteiger partial charge in [0.15, 0.2) is 11.5 Å². The lowest BCUT2D eigenvalue weighted by molar-refractivity contribution is -0.136. The Kier molecular flexibility index (Phi) is 4.88. The second-order valence-corrected chi connectivity index (χ2v) is 7.33. The molecular weight excluding hydrogens is 320 g/mol. The fourth-order valence-corrected chi connectivity index (χ4v) is 3.41. The summed E-state index contributed by atoms with van der Waals surface area (Å²) in [6.45, 7) is 7.96. The zero-order valence-corrected chi connectivity index (χ0v) is 15.1. The van der Waals surface area contributed by atoms with Crippen LogP contribution < -0.4 is 14.8 Å². The van der Waals surface area contributed by atoms with Gasteiger partial charge in [0.1, 0.15) is 19.3 Å². The maximum absolute atomic E-state index is 12.5. The highest BCUT2D eigenvalue weighted by atomic mass is 16.6. The van der Waals surface area contributed by atoms with Crippen molar-refractivity contribution in [1.29, 1.82) is 0 Å². The molecule has 136 valence electrons. The van der Waals surface area contributed by atoms with E-state index in [4.69, 9.17) is 9.47 Å². The Balaban J connectivity index is 1.65. The highest BCUT2D eigenvalue weighted by Crippen LogP contribution is 2.35. The van der Waals surface area contributed by atoms with E-state index in [0.29, 0.717) is 26.3 Å². The fraction of sp³-hybridized carbons (Fsp3) is 0.579. The molecule has 2 aliphatic heterocycles. The van der Waals surface area contributed by atoms with E-state index in [1.54, 1.807) is 4.90 Å². The fourth-order valence-electron chi connectivity index (χ4n) is 3.41. The van der Waals surface area contributed by atoms with Gasteiger partial charge in [-0.3, -0.25) is 9.59 Å². The molecule has 1 N–H and O–H groups in total. The maximum atomic E-state index is 12.5. The van der Waals surface area contributed by atoms with Crippen molar-refractivity contribution in [2.24, 2.45) is 0 Å². The van der Waals surface area contributed by atoms with Gasteiger partial charge in [-0.05, 0) is 30.5 Å². The van der Waals surface area contributed by atoms with Crippen LogP contribution in [0.4, 0.5) is 0 Å². The van der Waals surface area contributed by atoms with Gasteiger partial charge in [0.2, 0.25) is 11.8 Å². The molecule has 0 radical (unpaired) electrons. The van der Waals surface area contributed by atoms with E-state index >= 15 is 0 Å². The van der Waals surface area contributed by atoms with Gasteiger partial charge >= 0.3 is 0 Å². The number of fused-ring (bicyclic) bond motifs is 1. The topological polar surface area (TPSA) is 67.9 Å². The zero-order valence-electron chi connectivity index (χ0n) is 15.1. The SMILES string of the molecule is CC(=O)N1CCC[C@@H]1C(=O)NCC(C)(C)c1ccc2c(c1)OCCO2. The summed E-state index contributed by atoms with van der Waals surface area (Å²) in [5, 5.41) is 3.02. The van der Waals surface area contributed by atoms with Gasteiger partial charge in [0.25, 0.3) is 0 Å². The molecule has 1 fully saturated rings. The number of benzene rings is 1. The number of likely N-dealkylation sites (tertiary alicyclic amines) is 1. The molecule has 1 aromatic carbocycles. The van der Waals surface area contributed by atoms with Crippen LogP contribution in [-0.2, 0) is 15.0 Å². The van der Waals surface area contributed by atoms with Gasteiger partial charge in [-0.25, -0.2) is 0 Å². The molecule has 0 aliphatic carbocycles. The molecule has 1 saturated heterocycles. The first-order chi connectivity index (χ1) is 11.9. The van der Waals surface area contributed by atoms with Gasteiger partial charge in [0.05, 0.1) is 0 Å². The van der Waals surface area contributed by atoms with E-state index in [0.717, 1.165) is 29.9 Å². The predicted molar refractivity (Wildman–Crippen MR) is 93.9 cm³/mol. The molecule has 0 saturated carbocycles. The van der Waals surface area contributed by atoms with Crippen LogP contribution in [0, 0.1) is 0 Å². The molecule has 1 aromatic rings. The van der Waals surface area contributed by atoms with Crippen molar-refractivity contribution >= 4 is 11.8 Å². The Labute approximate surface area is 148 Å². The van der Waals surface area contributed by atoms with E-state index in [-0.39, 0.29) is 23.3 Å². The Morgan fingerprint density at radius 3 is 2.68 bits per heavy atom. The summed E-state index contributed by atoms with van der Waals surface area (Å²) in [6.07, 6.45) is 1.61. The third-order valence-electron chi connectivity index (χ3n) is 4.99. The maximum Gasteiger partial charge on any atom is 0.242 e. The van der Waals surface area contributed by atoms with Crippen molar-refractivity contribution in [3.63, 3.8) is 0 Å². The standard InChI is InChI=1S/C19H26N2O4/c1-13(22)21-8-4-5-15(21)18(23)20-12-19(2,3)14-6-7-16-17(11-14)25-10-9-24-16/h6-7,11,15H,4-5,8-10,12H2,1-3H3,(H,20,23)/t15-/m1/s1. The Bertz CT molecular complexity index is 671. The lowest BCUT2D eigenvalue weighted by Crippen LogP contribution is -2.48. The molecule has 2 aliphatic rings. The van der Waals surface area contributed by atoms with Crippen LogP contribution in [0.3, 0.4) is 0 Å². The Morgan fingerprint density at radius 2 is 1.96 bits per heavy atom.